The van der Waals surface area contributed by atoms with Crippen molar-refractivity contribution < 1.29 is 23.1 Å². The Balaban J connectivity index is 1.36. The maximum Gasteiger partial charge on any atom is 0.291 e. The smallest absolute Gasteiger partial charge is 0.291 e. The zero-order valence-electron chi connectivity index (χ0n) is 16.8. The Morgan fingerprint density at radius 1 is 1.09 bits per heavy atom. The van der Waals surface area contributed by atoms with Crippen LogP contribution in [0.15, 0.2) is 65.3 Å². The van der Waals surface area contributed by atoms with Gasteiger partial charge >= 0.3 is 0 Å². The van der Waals surface area contributed by atoms with Crippen LogP contribution in [0.4, 0.5) is 15.8 Å². The number of carbonyl (C=O) groups excluding carboxylic acids is 2. The summed E-state index contributed by atoms with van der Waals surface area (Å²) in [6.07, 6.45) is 1.40. The van der Waals surface area contributed by atoms with Crippen LogP contribution < -0.4 is 15.4 Å². The quantitative estimate of drug-likeness (QED) is 0.456. The van der Waals surface area contributed by atoms with Crippen molar-refractivity contribution in [3.63, 3.8) is 0 Å². The highest BCUT2D eigenvalue weighted by Gasteiger charge is 2.13. The topological polar surface area (TPSA) is 124 Å². The van der Waals surface area contributed by atoms with Crippen molar-refractivity contribution in [2.24, 2.45) is 0 Å². The number of aryl methyl sites for hydroxylation is 1. The highest BCUT2D eigenvalue weighted by Crippen LogP contribution is 2.20. The SMILES string of the molecule is Cc1nnnn1-c1cc(NC(=O)COc2cccc(NC(=O)c3ccco3)c2)ccc1F. The fourth-order valence-corrected chi connectivity index (χ4v) is 2.82. The number of hydrogen-bond acceptors (Lipinski definition) is 7. The van der Waals surface area contributed by atoms with E-state index in [4.69, 9.17) is 9.15 Å². The van der Waals surface area contributed by atoms with Crippen LogP contribution in [-0.2, 0) is 4.79 Å². The Bertz CT molecular complexity index is 1250. The average molecular weight is 436 g/mol. The Hall–Kier alpha value is -4.54. The summed E-state index contributed by atoms with van der Waals surface area (Å²) >= 11 is 0. The molecule has 11 heteroatoms. The van der Waals surface area contributed by atoms with Crippen LogP contribution in [0.25, 0.3) is 5.69 Å². The minimum atomic E-state index is -0.539. The normalized spacial score (nSPS) is 10.6. The van der Waals surface area contributed by atoms with Crippen molar-refractivity contribution >= 4 is 23.2 Å². The lowest BCUT2D eigenvalue weighted by Crippen LogP contribution is -2.20. The van der Waals surface area contributed by atoms with Gasteiger partial charge in [-0.1, -0.05) is 6.07 Å². The Kier molecular flexibility index (Phi) is 5.88. The number of amides is 2. The average Bonchev–Trinajstić information content (AvgIpc) is 3.46. The van der Waals surface area contributed by atoms with E-state index in [0.29, 0.717) is 22.9 Å². The molecule has 0 fully saturated rings. The zero-order valence-corrected chi connectivity index (χ0v) is 16.8. The van der Waals surface area contributed by atoms with Gasteiger partial charge in [0.25, 0.3) is 11.8 Å². The molecular weight excluding hydrogens is 419 g/mol. The molecule has 0 saturated heterocycles. The molecule has 0 saturated carbocycles. The first-order valence-electron chi connectivity index (χ1n) is 9.42. The third-order valence-corrected chi connectivity index (χ3v) is 4.29. The molecule has 0 bridgehead atoms. The van der Waals surface area contributed by atoms with Gasteiger partial charge in [-0.05, 0) is 59.8 Å². The van der Waals surface area contributed by atoms with Crippen LogP contribution in [0.2, 0.25) is 0 Å². The van der Waals surface area contributed by atoms with Gasteiger partial charge < -0.3 is 19.8 Å². The molecule has 0 spiro atoms. The van der Waals surface area contributed by atoms with Gasteiger partial charge in [-0.15, -0.1) is 5.10 Å². The Morgan fingerprint density at radius 3 is 2.69 bits per heavy atom. The van der Waals surface area contributed by atoms with Crippen molar-refractivity contribution in [2.75, 3.05) is 17.2 Å². The van der Waals surface area contributed by atoms with E-state index in [1.165, 1.54) is 29.1 Å². The van der Waals surface area contributed by atoms with E-state index in [9.17, 15) is 14.0 Å². The van der Waals surface area contributed by atoms with Crippen LogP contribution in [0, 0.1) is 12.7 Å². The van der Waals surface area contributed by atoms with Crippen LogP contribution >= 0.6 is 0 Å². The van der Waals surface area contributed by atoms with Crippen molar-refractivity contribution in [1.82, 2.24) is 20.2 Å². The molecule has 2 aromatic heterocycles. The van der Waals surface area contributed by atoms with Gasteiger partial charge in [0.15, 0.2) is 18.2 Å². The van der Waals surface area contributed by atoms with E-state index in [2.05, 4.69) is 26.2 Å². The molecule has 0 unspecified atom stereocenters. The van der Waals surface area contributed by atoms with E-state index in [-0.39, 0.29) is 18.1 Å². The minimum Gasteiger partial charge on any atom is -0.484 e. The third kappa shape index (κ3) is 4.78. The second-order valence-electron chi connectivity index (χ2n) is 6.60. The molecule has 0 aliphatic heterocycles. The molecular formula is C21H17FN6O4. The molecule has 2 heterocycles. The standard InChI is InChI=1S/C21H17FN6O4/c1-13-25-26-27-28(13)18-11-15(7-8-17(18)22)23-20(29)12-32-16-5-2-4-14(10-16)24-21(30)19-6-3-9-31-19/h2-11H,12H2,1H3,(H,23,29)(H,24,30). The zero-order chi connectivity index (χ0) is 22.5. The lowest BCUT2D eigenvalue weighted by atomic mass is 10.2. The Labute approximate surface area is 181 Å². The molecule has 2 N–H and O–H groups in total. The summed E-state index contributed by atoms with van der Waals surface area (Å²) in [4.78, 5) is 24.4. The number of aromatic nitrogens is 4. The maximum atomic E-state index is 14.1. The predicted molar refractivity (Wildman–Crippen MR) is 111 cm³/mol. The number of halogens is 1. The van der Waals surface area contributed by atoms with Gasteiger partial charge in [0.05, 0.1) is 6.26 Å². The highest BCUT2D eigenvalue weighted by molar-refractivity contribution is 6.02. The molecule has 4 aromatic rings. The molecule has 0 radical (unpaired) electrons. The number of rotatable bonds is 7. The fourth-order valence-electron chi connectivity index (χ4n) is 2.82. The number of tetrazole rings is 1. The van der Waals surface area contributed by atoms with Crippen LogP contribution in [0.1, 0.15) is 16.4 Å². The first-order valence-corrected chi connectivity index (χ1v) is 9.42. The number of benzene rings is 2. The largest absolute Gasteiger partial charge is 0.484 e. The molecule has 4 rings (SSSR count). The van der Waals surface area contributed by atoms with E-state index in [0.717, 1.165) is 0 Å². The highest BCUT2D eigenvalue weighted by atomic mass is 19.1. The predicted octanol–water partition coefficient (Wildman–Crippen LogP) is 2.97. The van der Waals surface area contributed by atoms with E-state index >= 15 is 0 Å². The summed E-state index contributed by atoms with van der Waals surface area (Å²) in [5, 5.41) is 16.2. The number of ether oxygens (including phenoxy) is 1. The van der Waals surface area contributed by atoms with E-state index in [1.54, 1.807) is 43.3 Å². The second-order valence-corrected chi connectivity index (χ2v) is 6.60. The number of hydrogen-bond donors (Lipinski definition) is 2. The van der Waals surface area contributed by atoms with E-state index in [1.807, 2.05) is 0 Å². The van der Waals surface area contributed by atoms with Gasteiger partial charge in [0, 0.05) is 17.4 Å². The van der Waals surface area contributed by atoms with Crippen molar-refractivity contribution in [2.45, 2.75) is 6.92 Å². The fraction of sp³-hybridized carbons (Fsp3) is 0.0952. The molecule has 162 valence electrons. The minimum absolute atomic E-state index is 0.103. The Morgan fingerprint density at radius 2 is 1.94 bits per heavy atom. The van der Waals surface area contributed by atoms with Crippen molar-refractivity contribution in [3.05, 3.63) is 78.3 Å². The molecule has 32 heavy (non-hydrogen) atoms. The molecule has 0 atom stereocenters. The van der Waals surface area contributed by atoms with Gasteiger partial charge in [-0.25, -0.2) is 4.39 Å². The number of anilines is 2. The maximum absolute atomic E-state index is 14.1. The summed E-state index contributed by atoms with van der Waals surface area (Å²) in [6, 6.07) is 13.8. The molecule has 10 nitrogen and oxygen atoms in total. The lowest BCUT2D eigenvalue weighted by Gasteiger charge is -2.11. The van der Waals surface area contributed by atoms with Crippen LogP contribution in [0.5, 0.6) is 5.75 Å². The number of carbonyl (C=O) groups is 2. The van der Waals surface area contributed by atoms with Gasteiger partial charge in [-0.3, -0.25) is 9.59 Å². The summed E-state index contributed by atoms with van der Waals surface area (Å²) in [5.41, 5.74) is 0.930. The van der Waals surface area contributed by atoms with Gasteiger partial charge in [0.1, 0.15) is 17.3 Å². The first kappa shape index (κ1) is 20.7. The third-order valence-electron chi connectivity index (χ3n) is 4.29. The second kappa shape index (κ2) is 9.08. The van der Waals surface area contributed by atoms with Gasteiger partial charge in [-0.2, -0.15) is 4.68 Å². The van der Waals surface area contributed by atoms with Crippen LogP contribution in [-0.4, -0.2) is 38.6 Å². The monoisotopic (exact) mass is 436 g/mol. The summed E-state index contributed by atoms with van der Waals surface area (Å²) in [7, 11) is 0. The first-order chi connectivity index (χ1) is 15.5. The summed E-state index contributed by atoms with van der Waals surface area (Å²) in [6.45, 7) is 1.33. The number of nitrogens with one attached hydrogen (secondary N) is 2. The summed E-state index contributed by atoms with van der Waals surface area (Å²) < 4.78 is 25.9. The number of nitrogens with zero attached hydrogens (tertiary/aromatic N) is 4. The van der Waals surface area contributed by atoms with Crippen molar-refractivity contribution in [3.8, 4) is 11.4 Å². The summed E-state index contributed by atoms with van der Waals surface area (Å²) in [5.74, 6) is -0.457. The molecule has 2 amide bonds. The molecule has 0 aliphatic rings. The van der Waals surface area contributed by atoms with E-state index < -0.39 is 17.6 Å². The number of furan rings is 1. The molecule has 0 aliphatic carbocycles. The van der Waals surface area contributed by atoms with Gasteiger partial charge in [0.2, 0.25) is 0 Å². The van der Waals surface area contributed by atoms with Crippen molar-refractivity contribution in [1.29, 1.82) is 0 Å². The van der Waals surface area contributed by atoms with Crippen LogP contribution in [0.3, 0.4) is 0 Å². The molecule has 2 aromatic carbocycles. The lowest BCUT2D eigenvalue weighted by molar-refractivity contribution is -0.118.